The summed E-state index contributed by atoms with van der Waals surface area (Å²) in [6, 6.07) is 16.3. The van der Waals surface area contributed by atoms with Gasteiger partial charge in [0.05, 0.1) is 5.56 Å². The average molecular weight is 429 g/mol. The Kier molecular flexibility index (Phi) is 4.98. The van der Waals surface area contributed by atoms with Gasteiger partial charge in [-0.1, -0.05) is 48.5 Å². The van der Waals surface area contributed by atoms with E-state index in [2.05, 4.69) is 44.6 Å². The molecule has 0 spiro atoms. The first-order valence-electron chi connectivity index (χ1n) is 10.1. The molecule has 0 saturated carbocycles. The maximum Gasteiger partial charge on any atom is 0.407 e. The van der Waals surface area contributed by atoms with E-state index in [1.165, 1.54) is 28.0 Å². The van der Waals surface area contributed by atoms with E-state index in [9.17, 15) is 9.59 Å². The molecule has 0 radical (unpaired) electrons. The van der Waals surface area contributed by atoms with Crippen molar-refractivity contribution in [1.29, 1.82) is 0 Å². The molecule has 2 aromatic carbocycles. The second-order valence-electron chi connectivity index (χ2n) is 7.42. The normalized spacial score (nSPS) is 12.4. The number of carboxylic acid groups (broad SMARTS) is 1. The fourth-order valence-corrected chi connectivity index (χ4v) is 3.97. The zero-order valence-electron chi connectivity index (χ0n) is 16.9. The van der Waals surface area contributed by atoms with Gasteiger partial charge < -0.3 is 15.2 Å². The van der Waals surface area contributed by atoms with Crippen LogP contribution >= 0.6 is 0 Å². The monoisotopic (exact) mass is 429 g/mol. The molecule has 0 aliphatic heterocycles. The molecule has 32 heavy (non-hydrogen) atoms. The summed E-state index contributed by atoms with van der Waals surface area (Å²) in [5.74, 6) is -0.346. The summed E-state index contributed by atoms with van der Waals surface area (Å²) in [6.07, 6.45) is 2.42. The van der Waals surface area contributed by atoms with Crippen molar-refractivity contribution in [3.8, 4) is 11.1 Å². The summed E-state index contributed by atoms with van der Waals surface area (Å²) in [6.45, 7) is 0.522. The van der Waals surface area contributed by atoms with Crippen molar-refractivity contribution in [2.24, 2.45) is 0 Å². The van der Waals surface area contributed by atoms with Gasteiger partial charge in [0, 0.05) is 31.3 Å². The maximum atomic E-state index is 12.2. The second-order valence-corrected chi connectivity index (χ2v) is 7.42. The van der Waals surface area contributed by atoms with Crippen LogP contribution < -0.4 is 5.32 Å². The first-order chi connectivity index (χ1) is 15.6. The van der Waals surface area contributed by atoms with Gasteiger partial charge in [-0.05, 0) is 22.3 Å². The number of ether oxygens (including phenoxy) is 1. The number of alkyl carbamates (subject to hydrolysis) is 1. The highest BCUT2D eigenvalue weighted by Gasteiger charge is 2.28. The van der Waals surface area contributed by atoms with Gasteiger partial charge in [0.25, 0.3) is 5.78 Å². The van der Waals surface area contributed by atoms with Gasteiger partial charge in [-0.15, -0.1) is 5.10 Å². The minimum atomic E-state index is -1.09. The largest absolute Gasteiger partial charge is 0.478 e. The molecule has 0 atom stereocenters. The molecule has 0 fully saturated rings. The third kappa shape index (κ3) is 3.64. The van der Waals surface area contributed by atoms with Gasteiger partial charge in [-0.2, -0.15) is 4.98 Å². The van der Waals surface area contributed by atoms with Crippen LogP contribution in [0.4, 0.5) is 4.79 Å². The lowest BCUT2D eigenvalue weighted by Gasteiger charge is -2.14. The quantitative estimate of drug-likeness (QED) is 0.484. The number of hydrogen-bond donors (Lipinski definition) is 2. The molecule has 2 N–H and O–H groups in total. The minimum Gasteiger partial charge on any atom is -0.478 e. The molecule has 5 rings (SSSR count). The first-order valence-corrected chi connectivity index (χ1v) is 10.1. The molecule has 0 saturated heterocycles. The number of aromatic nitrogens is 4. The molecule has 0 bridgehead atoms. The Labute approximate surface area is 182 Å². The predicted octanol–water partition coefficient (Wildman–Crippen LogP) is 2.90. The van der Waals surface area contributed by atoms with Crippen molar-refractivity contribution in [2.75, 3.05) is 13.2 Å². The molecule has 2 aromatic heterocycles. The number of hydrogen-bond acceptors (Lipinski definition) is 6. The number of carbonyl (C=O) groups excluding carboxylic acids is 1. The van der Waals surface area contributed by atoms with Crippen LogP contribution in [0.5, 0.6) is 0 Å². The van der Waals surface area contributed by atoms with Crippen LogP contribution in [-0.4, -0.2) is 49.9 Å². The molecule has 4 aromatic rings. The van der Waals surface area contributed by atoms with Crippen molar-refractivity contribution in [3.63, 3.8) is 0 Å². The summed E-state index contributed by atoms with van der Waals surface area (Å²) < 4.78 is 6.82. The number of rotatable bonds is 6. The summed E-state index contributed by atoms with van der Waals surface area (Å²) in [5, 5.41) is 15.9. The second kappa shape index (κ2) is 8.10. The highest BCUT2D eigenvalue weighted by molar-refractivity contribution is 5.87. The summed E-state index contributed by atoms with van der Waals surface area (Å²) in [5.41, 5.74) is 4.68. The number of aromatic carboxylic acids is 1. The van der Waals surface area contributed by atoms with Gasteiger partial charge in [0.1, 0.15) is 6.61 Å². The summed E-state index contributed by atoms with van der Waals surface area (Å²) in [7, 11) is 0. The van der Waals surface area contributed by atoms with Crippen molar-refractivity contribution in [2.45, 2.75) is 12.3 Å². The number of fused-ring (bicyclic) bond motifs is 4. The molecule has 1 amide bonds. The Hall–Kier alpha value is -4.27. The molecule has 2 heterocycles. The average Bonchev–Trinajstić information content (AvgIpc) is 3.35. The number of benzene rings is 2. The van der Waals surface area contributed by atoms with E-state index in [1.54, 1.807) is 0 Å². The zero-order valence-corrected chi connectivity index (χ0v) is 16.9. The number of amides is 1. The topological polar surface area (TPSA) is 119 Å². The standard InChI is InChI=1S/C23H19N5O4/c29-21(30)14-11-25-22-26-20(27-28(22)12-14)9-10-24-23(31)32-13-19-17-7-3-1-5-15(17)16-6-2-4-8-18(16)19/h1-8,11-12,19H,9-10,13H2,(H,24,31)(H,29,30). The molecule has 160 valence electrons. The van der Waals surface area contributed by atoms with Gasteiger partial charge in [-0.25, -0.2) is 19.1 Å². The van der Waals surface area contributed by atoms with E-state index in [0.717, 1.165) is 11.1 Å². The van der Waals surface area contributed by atoms with Gasteiger partial charge in [0.2, 0.25) is 0 Å². The van der Waals surface area contributed by atoms with Crippen molar-refractivity contribution in [1.82, 2.24) is 24.9 Å². The molecule has 9 heteroatoms. The third-order valence-electron chi connectivity index (χ3n) is 5.45. The van der Waals surface area contributed by atoms with E-state index in [-0.39, 0.29) is 24.6 Å². The van der Waals surface area contributed by atoms with Gasteiger partial charge in [0.15, 0.2) is 5.82 Å². The lowest BCUT2D eigenvalue weighted by molar-refractivity contribution is 0.0695. The number of nitrogens with zero attached hydrogens (tertiary/aromatic N) is 4. The van der Waals surface area contributed by atoms with Crippen molar-refractivity contribution < 1.29 is 19.4 Å². The Morgan fingerprint density at radius 2 is 1.75 bits per heavy atom. The van der Waals surface area contributed by atoms with E-state index in [1.807, 2.05) is 24.3 Å². The molecule has 1 aliphatic rings. The van der Waals surface area contributed by atoms with E-state index >= 15 is 0 Å². The fraction of sp³-hybridized carbons (Fsp3) is 0.174. The summed E-state index contributed by atoms with van der Waals surface area (Å²) in [4.78, 5) is 31.5. The van der Waals surface area contributed by atoms with Gasteiger partial charge in [-0.3, -0.25) is 0 Å². The van der Waals surface area contributed by atoms with Crippen molar-refractivity contribution in [3.05, 3.63) is 83.4 Å². The van der Waals surface area contributed by atoms with Crippen LogP contribution in [0.3, 0.4) is 0 Å². The fourth-order valence-electron chi connectivity index (χ4n) is 3.97. The molecule has 1 aliphatic carbocycles. The third-order valence-corrected chi connectivity index (χ3v) is 5.45. The number of nitrogens with one attached hydrogen (secondary N) is 1. The predicted molar refractivity (Wildman–Crippen MR) is 115 cm³/mol. The minimum absolute atomic E-state index is 0.00256. The molecule has 9 nitrogen and oxygen atoms in total. The Morgan fingerprint density at radius 1 is 1.06 bits per heavy atom. The maximum absolute atomic E-state index is 12.2. The Bertz CT molecular complexity index is 1290. The van der Waals surface area contributed by atoms with Crippen molar-refractivity contribution >= 4 is 17.8 Å². The Morgan fingerprint density at radius 3 is 2.44 bits per heavy atom. The molecule has 0 unspecified atom stereocenters. The smallest absolute Gasteiger partial charge is 0.407 e. The molecular weight excluding hydrogens is 410 g/mol. The van der Waals surface area contributed by atoms with Crippen LogP contribution in [0.25, 0.3) is 16.9 Å². The van der Waals surface area contributed by atoms with Crippen LogP contribution in [-0.2, 0) is 11.2 Å². The van der Waals surface area contributed by atoms with Crippen LogP contribution in [0, 0.1) is 0 Å². The number of carboxylic acids is 1. The van der Waals surface area contributed by atoms with Crippen LogP contribution in [0.15, 0.2) is 60.9 Å². The summed E-state index contributed by atoms with van der Waals surface area (Å²) >= 11 is 0. The highest BCUT2D eigenvalue weighted by Crippen LogP contribution is 2.44. The Balaban J connectivity index is 1.18. The number of carbonyl (C=O) groups is 2. The highest BCUT2D eigenvalue weighted by atomic mass is 16.5. The van der Waals surface area contributed by atoms with E-state index in [4.69, 9.17) is 9.84 Å². The molecular formula is C23H19N5O4. The SMILES string of the molecule is O=C(NCCc1nc2ncc(C(=O)O)cn2n1)OCC1c2ccccc2-c2ccccc21. The van der Waals surface area contributed by atoms with Gasteiger partial charge >= 0.3 is 12.1 Å². The zero-order chi connectivity index (χ0) is 22.1. The lowest BCUT2D eigenvalue weighted by atomic mass is 9.98. The van der Waals surface area contributed by atoms with Crippen LogP contribution in [0.1, 0.15) is 33.2 Å². The van der Waals surface area contributed by atoms with E-state index < -0.39 is 12.1 Å². The first kappa shape index (κ1) is 19.7. The van der Waals surface area contributed by atoms with E-state index in [0.29, 0.717) is 18.0 Å². The van der Waals surface area contributed by atoms with Crippen LogP contribution in [0.2, 0.25) is 0 Å². The lowest BCUT2D eigenvalue weighted by Crippen LogP contribution is -2.28.